The maximum atomic E-state index is 11.4. The summed E-state index contributed by atoms with van der Waals surface area (Å²) in [5.74, 6) is 0. The van der Waals surface area contributed by atoms with Crippen molar-refractivity contribution >= 4 is 15.5 Å². The van der Waals surface area contributed by atoms with Gasteiger partial charge in [0.15, 0.2) is 9.84 Å². The second kappa shape index (κ2) is 4.46. The van der Waals surface area contributed by atoms with Crippen LogP contribution in [0, 0.1) is 6.92 Å². The number of anilines is 1. The maximum Gasteiger partial charge on any atom is 0.175 e. The molecule has 0 aliphatic carbocycles. The van der Waals surface area contributed by atoms with E-state index in [4.69, 9.17) is 5.73 Å². The van der Waals surface area contributed by atoms with E-state index in [9.17, 15) is 8.42 Å². The van der Waals surface area contributed by atoms with Crippen LogP contribution in [-0.4, -0.2) is 14.7 Å². The van der Waals surface area contributed by atoms with Gasteiger partial charge in [-0.15, -0.1) is 0 Å². The smallest absolute Gasteiger partial charge is 0.175 e. The Labute approximate surface area is 107 Å². The second-order valence-electron chi connectivity index (χ2n) is 4.39. The van der Waals surface area contributed by atoms with E-state index in [1.165, 1.54) is 12.3 Å². The largest absolute Gasteiger partial charge is 0.398 e. The molecular formula is C14H15NO2S. The first-order chi connectivity index (χ1) is 8.38. The molecule has 0 unspecified atom stereocenters. The lowest BCUT2D eigenvalue weighted by atomic mass is 10.0. The molecule has 0 radical (unpaired) electrons. The summed E-state index contributed by atoms with van der Waals surface area (Å²) in [6, 6.07) is 12.8. The Morgan fingerprint density at radius 3 is 2.33 bits per heavy atom. The number of nitrogens with two attached hydrogens (primary N) is 1. The van der Waals surface area contributed by atoms with E-state index in [2.05, 4.69) is 0 Å². The van der Waals surface area contributed by atoms with Gasteiger partial charge in [0.2, 0.25) is 0 Å². The lowest BCUT2D eigenvalue weighted by Crippen LogP contribution is -1.99. The summed E-state index contributed by atoms with van der Waals surface area (Å²) in [6.45, 7) is 2.00. The first-order valence-corrected chi connectivity index (χ1v) is 7.44. The molecule has 0 aliphatic rings. The van der Waals surface area contributed by atoms with Crippen LogP contribution >= 0.6 is 0 Å². The van der Waals surface area contributed by atoms with Gasteiger partial charge in [-0.3, -0.25) is 0 Å². The van der Waals surface area contributed by atoms with Gasteiger partial charge in [0.05, 0.1) is 4.90 Å². The fourth-order valence-corrected chi connectivity index (χ4v) is 2.50. The number of nitrogen functional groups attached to an aromatic ring is 1. The number of sulfone groups is 1. The molecule has 0 fully saturated rings. The normalized spacial score (nSPS) is 11.4. The highest BCUT2D eigenvalue weighted by Gasteiger charge is 2.10. The van der Waals surface area contributed by atoms with Crippen molar-refractivity contribution < 1.29 is 8.42 Å². The van der Waals surface area contributed by atoms with E-state index >= 15 is 0 Å². The van der Waals surface area contributed by atoms with Crippen molar-refractivity contribution in [2.24, 2.45) is 0 Å². The van der Waals surface area contributed by atoms with Gasteiger partial charge in [-0.1, -0.05) is 35.9 Å². The monoisotopic (exact) mass is 261 g/mol. The van der Waals surface area contributed by atoms with Crippen LogP contribution in [0.3, 0.4) is 0 Å². The number of benzene rings is 2. The minimum Gasteiger partial charge on any atom is -0.398 e. The third kappa shape index (κ3) is 2.54. The highest BCUT2D eigenvalue weighted by atomic mass is 32.2. The summed E-state index contributed by atoms with van der Waals surface area (Å²) in [6.07, 6.45) is 1.17. The molecule has 0 bridgehead atoms. The molecular weight excluding hydrogens is 246 g/mol. The Balaban J connectivity index is 2.55. The number of rotatable bonds is 2. The Morgan fingerprint density at radius 2 is 1.78 bits per heavy atom. The van der Waals surface area contributed by atoms with E-state index < -0.39 is 9.84 Å². The van der Waals surface area contributed by atoms with Crippen molar-refractivity contribution in [1.82, 2.24) is 0 Å². The second-order valence-corrected chi connectivity index (χ2v) is 6.41. The molecule has 94 valence electrons. The van der Waals surface area contributed by atoms with Crippen LogP contribution in [0.5, 0.6) is 0 Å². The number of aryl methyl sites for hydroxylation is 1. The van der Waals surface area contributed by atoms with Gasteiger partial charge >= 0.3 is 0 Å². The van der Waals surface area contributed by atoms with Crippen LogP contribution in [0.1, 0.15) is 5.56 Å². The highest BCUT2D eigenvalue weighted by Crippen LogP contribution is 2.28. The predicted molar refractivity (Wildman–Crippen MR) is 74.1 cm³/mol. The molecule has 0 saturated heterocycles. The molecule has 18 heavy (non-hydrogen) atoms. The quantitative estimate of drug-likeness (QED) is 0.845. The van der Waals surface area contributed by atoms with E-state index in [1.54, 1.807) is 12.1 Å². The molecule has 0 aliphatic heterocycles. The zero-order valence-corrected chi connectivity index (χ0v) is 11.2. The van der Waals surface area contributed by atoms with Crippen LogP contribution in [0.15, 0.2) is 47.4 Å². The van der Waals surface area contributed by atoms with Crippen LogP contribution in [0.4, 0.5) is 5.69 Å². The van der Waals surface area contributed by atoms with Crippen molar-refractivity contribution in [2.75, 3.05) is 12.0 Å². The van der Waals surface area contributed by atoms with Gasteiger partial charge < -0.3 is 5.73 Å². The third-order valence-electron chi connectivity index (χ3n) is 2.78. The van der Waals surface area contributed by atoms with Crippen molar-refractivity contribution in [3.63, 3.8) is 0 Å². The minimum atomic E-state index is -3.21. The molecule has 0 saturated carbocycles. The average molecular weight is 261 g/mol. The van der Waals surface area contributed by atoms with E-state index in [0.717, 1.165) is 16.7 Å². The molecule has 0 atom stereocenters. The lowest BCUT2D eigenvalue weighted by Gasteiger charge is -2.08. The molecule has 2 aromatic carbocycles. The van der Waals surface area contributed by atoms with Gasteiger partial charge in [-0.2, -0.15) is 0 Å². The first-order valence-electron chi connectivity index (χ1n) is 5.54. The fraction of sp³-hybridized carbons (Fsp3) is 0.143. The Kier molecular flexibility index (Phi) is 3.13. The summed E-state index contributed by atoms with van der Waals surface area (Å²) >= 11 is 0. The van der Waals surface area contributed by atoms with Crippen molar-refractivity contribution in [1.29, 1.82) is 0 Å². The number of hydrogen-bond acceptors (Lipinski definition) is 3. The molecule has 2 N–H and O–H groups in total. The van der Waals surface area contributed by atoms with Gasteiger partial charge in [0.1, 0.15) is 0 Å². The summed E-state index contributed by atoms with van der Waals surface area (Å²) in [5.41, 5.74) is 9.40. The summed E-state index contributed by atoms with van der Waals surface area (Å²) in [5, 5.41) is 0. The fourth-order valence-electron chi connectivity index (χ4n) is 1.85. The van der Waals surface area contributed by atoms with Crippen molar-refractivity contribution in [3.8, 4) is 11.1 Å². The summed E-state index contributed by atoms with van der Waals surface area (Å²) < 4.78 is 22.9. The lowest BCUT2D eigenvalue weighted by molar-refractivity contribution is 0.602. The van der Waals surface area contributed by atoms with E-state index in [0.29, 0.717) is 5.69 Å². The third-order valence-corrected chi connectivity index (χ3v) is 3.89. The standard InChI is InChI=1S/C14H15NO2S/c1-10-4-3-5-11(8-10)13-7-6-12(9-14(13)15)18(2,16)17/h3-9H,15H2,1-2H3. The van der Waals surface area contributed by atoms with Crippen LogP contribution in [-0.2, 0) is 9.84 Å². The minimum absolute atomic E-state index is 0.247. The van der Waals surface area contributed by atoms with Gasteiger partial charge in [0.25, 0.3) is 0 Å². The molecule has 0 heterocycles. The first kappa shape index (κ1) is 12.6. The Hall–Kier alpha value is -1.81. The van der Waals surface area contributed by atoms with Gasteiger partial charge in [-0.25, -0.2) is 8.42 Å². The molecule has 0 spiro atoms. The molecule has 4 heteroatoms. The van der Waals surface area contributed by atoms with E-state index in [-0.39, 0.29) is 4.90 Å². The molecule has 0 amide bonds. The van der Waals surface area contributed by atoms with Crippen molar-refractivity contribution in [2.45, 2.75) is 11.8 Å². The summed E-state index contributed by atoms with van der Waals surface area (Å²) in [4.78, 5) is 0.247. The van der Waals surface area contributed by atoms with Gasteiger partial charge in [0, 0.05) is 17.5 Å². The Morgan fingerprint density at radius 1 is 1.06 bits per heavy atom. The molecule has 2 aromatic rings. The van der Waals surface area contributed by atoms with Crippen LogP contribution in [0.25, 0.3) is 11.1 Å². The SMILES string of the molecule is Cc1cccc(-c2ccc(S(C)(=O)=O)cc2N)c1. The molecule has 0 aromatic heterocycles. The molecule has 2 rings (SSSR count). The highest BCUT2D eigenvalue weighted by molar-refractivity contribution is 7.90. The van der Waals surface area contributed by atoms with Gasteiger partial charge in [-0.05, 0) is 24.6 Å². The zero-order chi connectivity index (χ0) is 13.3. The number of hydrogen-bond donors (Lipinski definition) is 1. The Bertz CT molecular complexity index is 691. The topological polar surface area (TPSA) is 60.2 Å². The predicted octanol–water partition coefficient (Wildman–Crippen LogP) is 2.65. The maximum absolute atomic E-state index is 11.4. The molecule has 3 nitrogen and oxygen atoms in total. The van der Waals surface area contributed by atoms with Crippen LogP contribution in [0.2, 0.25) is 0 Å². The van der Waals surface area contributed by atoms with Crippen LogP contribution < -0.4 is 5.73 Å². The average Bonchev–Trinajstić information content (AvgIpc) is 2.27. The zero-order valence-electron chi connectivity index (χ0n) is 10.3. The van der Waals surface area contributed by atoms with E-state index in [1.807, 2.05) is 31.2 Å². The summed E-state index contributed by atoms with van der Waals surface area (Å²) in [7, 11) is -3.21. The van der Waals surface area contributed by atoms with Crippen molar-refractivity contribution in [3.05, 3.63) is 48.0 Å².